The highest BCUT2D eigenvalue weighted by Gasteiger charge is 2.24. The van der Waals surface area contributed by atoms with Crippen LogP contribution in [-0.4, -0.2) is 18.7 Å². The summed E-state index contributed by atoms with van der Waals surface area (Å²) in [6, 6.07) is 10.5. The molecule has 0 bridgehead atoms. The first-order chi connectivity index (χ1) is 8.27. The van der Waals surface area contributed by atoms with Crippen molar-refractivity contribution < 1.29 is 0 Å². The third kappa shape index (κ3) is 1.55. The highest BCUT2D eigenvalue weighted by Crippen LogP contribution is 2.39. The molecular formula is C14H15N3. The molecule has 1 aliphatic heterocycles. The van der Waals surface area contributed by atoms with E-state index >= 15 is 0 Å². The first kappa shape index (κ1) is 10.1. The summed E-state index contributed by atoms with van der Waals surface area (Å²) >= 11 is 0. The maximum Gasteiger partial charge on any atom is 0.0950 e. The monoisotopic (exact) mass is 225 g/mol. The van der Waals surface area contributed by atoms with Gasteiger partial charge in [0.15, 0.2) is 0 Å². The van der Waals surface area contributed by atoms with Crippen molar-refractivity contribution >= 4 is 17.1 Å². The van der Waals surface area contributed by atoms with Crippen LogP contribution in [-0.2, 0) is 0 Å². The van der Waals surface area contributed by atoms with Crippen molar-refractivity contribution in [2.45, 2.75) is 6.92 Å². The summed E-state index contributed by atoms with van der Waals surface area (Å²) in [6.45, 7) is 3.02. The molecule has 17 heavy (non-hydrogen) atoms. The highest BCUT2D eigenvalue weighted by molar-refractivity contribution is 5.82. The van der Waals surface area contributed by atoms with Gasteiger partial charge in [0.1, 0.15) is 0 Å². The van der Waals surface area contributed by atoms with Crippen LogP contribution in [0.3, 0.4) is 0 Å². The molecule has 0 atom stereocenters. The summed E-state index contributed by atoms with van der Waals surface area (Å²) in [5.41, 5.74) is 4.97. The zero-order chi connectivity index (χ0) is 11.8. The number of aromatic nitrogens is 1. The fourth-order valence-corrected chi connectivity index (χ4v) is 2.35. The fourth-order valence-electron chi connectivity index (χ4n) is 2.35. The van der Waals surface area contributed by atoms with E-state index < -0.39 is 0 Å². The maximum absolute atomic E-state index is 4.23. The Morgan fingerprint density at radius 2 is 1.88 bits per heavy atom. The van der Waals surface area contributed by atoms with Gasteiger partial charge in [-0.1, -0.05) is 18.2 Å². The molecule has 86 valence electrons. The van der Waals surface area contributed by atoms with Crippen molar-refractivity contribution in [2.75, 3.05) is 23.5 Å². The number of pyridine rings is 1. The van der Waals surface area contributed by atoms with E-state index in [-0.39, 0.29) is 0 Å². The van der Waals surface area contributed by atoms with Crippen molar-refractivity contribution in [3.8, 4) is 0 Å². The molecule has 3 rings (SSSR count). The molecule has 1 aromatic heterocycles. The van der Waals surface area contributed by atoms with Crippen LogP contribution in [0.4, 0.5) is 17.1 Å². The van der Waals surface area contributed by atoms with Gasteiger partial charge < -0.3 is 9.80 Å². The minimum absolute atomic E-state index is 0.881. The normalized spacial score (nSPS) is 14.0. The van der Waals surface area contributed by atoms with Crippen molar-refractivity contribution in [3.63, 3.8) is 0 Å². The summed E-state index contributed by atoms with van der Waals surface area (Å²) in [6.07, 6.45) is 3.78. The molecule has 3 nitrogen and oxygen atoms in total. The van der Waals surface area contributed by atoms with E-state index in [2.05, 4.69) is 59.1 Å². The molecule has 0 aliphatic carbocycles. The molecule has 0 saturated heterocycles. The number of rotatable bonds is 1. The number of hydrogen-bond donors (Lipinski definition) is 0. The summed E-state index contributed by atoms with van der Waals surface area (Å²) in [5, 5.41) is 0. The molecule has 0 unspecified atom stereocenters. The Labute approximate surface area is 101 Å². The van der Waals surface area contributed by atoms with Crippen LogP contribution >= 0.6 is 0 Å². The SMILES string of the molecule is Cc1ccccc1N1CN(C)c2ccncc21. The predicted molar refractivity (Wildman–Crippen MR) is 70.8 cm³/mol. The Hall–Kier alpha value is -2.03. The molecular weight excluding hydrogens is 210 g/mol. The second-order valence-corrected chi connectivity index (χ2v) is 4.42. The Kier molecular flexibility index (Phi) is 2.25. The first-order valence-corrected chi connectivity index (χ1v) is 5.75. The van der Waals surface area contributed by atoms with E-state index in [9.17, 15) is 0 Å². The lowest BCUT2D eigenvalue weighted by Gasteiger charge is -2.21. The highest BCUT2D eigenvalue weighted by atomic mass is 15.4. The van der Waals surface area contributed by atoms with Crippen LogP contribution in [0.15, 0.2) is 42.7 Å². The van der Waals surface area contributed by atoms with E-state index in [1.165, 1.54) is 22.6 Å². The summed E-state index contributed by atoms with van der Waals surface area (Å²) in [5.74, 6) is 0. The van der Waals surface area contributed by atoms with Gasteiger partial charge in [-0.3, -0.25) is 4.98 Å². The third-order valence-corrected chi connectivity index (χ3v) is 3.24. The Bertz CT molecular complexity index is 551. The average molecular weight is 225 g/mol. The molecule has 0 N–H and O–H groups in total. The summed E-state index contributed by atoms with van der Waals surface area (Å²) in [7, 11) is 2.11. The molecule has 0 amide bonds. The van der Waals surface area contributed by atoms with Gasteiger partial charge in [-0.2, -0.15) is 0 Å². The smallest absolute Gasteiger partial charge is 0.0950 e. The first-order valence-electron chi connectivity index (χ1n) is 5.75. The largest absolute Gasteiger partial charge is 0.355 e. The second kappa shape index (κ2) is 3.77. The zero-order valence-electron chi connectivity index (χ0n) is 10.1. The molecule has 0 fully saturated rings. The van der Waals surface area contributed by atoms with E-state index in [1.807, 2.05) is 12.4 Å². The average Bonchev–Trinajstić information content (AvgIpc) is 2.68. The number of fused-ring (bicyclic) bond motifs is 1. The van der Waals surface area contributed by atoms with E-state index in [1.54, 1.807) is 0 Å². The number of anilines is 3. The van der Waals surface area contributed by atoms with E-state index in [4.69, 9.17) is 0 Å². The van der Waals surface area contributed by atoms with Gasteiger partial charge in [-0.15, -0.1) is 0 Å². The van der Waals surface area contributed by atoms with Gasteiger partial charge in [0, 0.05) is 18.9 Å². The number of benzene rings is 1. The molecule has 0 radical (unpaired) electrons. The second-order valence-electron chi connectivity index (χ2n) is 4.42. The Morgan fingerprint density at radius 3 is 2.71 bits per heavy atom. The quantitative estimate of drug-likeness (QED) is 0.744. The Balaban J connectivity index is 2.11. The lowest BCUT2D eigenvalue weighted by atomic mass is 10.2. The van der Waals surface area contributed by atoms with E-state index in [0.717, 1.165) is 6.67 Å². The molecule has 3 heteroatoms. The van der Waals surface area contributed by atoms with Crippen LogP contribution in [0, 0.1) is 6.92 Å². The van der Waals surface area contributed by atoms with Gasteiger partial charge >= 0.3 is 0 Å². The number of hydrogen-bond acceptors (Lipinski definition) is 3. The number of aryl methyl sites for hydroxylation is 1. The van der Waals surface area contributed by atoms with Crippen LogP contribution in [0.2, 0.25) is 0 Å². The number of nitrogens with zero attached hydrogens (tertiary/aromatic N) is 3. The van der Waals surface area contributed by atoms with E-state index in [0.29, 0.717) is 0 Å². The van der Waals surface area contributed by atoms with Crippen molar-refractivity contribution in [1.29, 1.82) is 0 Å². The van der Waals surface area contributed by atoms with Gasteiger partial charge in [0.05, 0.1) is 24.2 Å². The molecule has 0 saturated carbocycles. The molecule has 2 aromatic rings. The Morgan fingerprint density at radius 1 is 1.06 bits per heavy atom. The topological polar surface area (TPSA) is 19.4 Å². The van der Waals surface area contributed by atoms with Crippen LogP contribution < -0.4 is 9.80 Å². The molecule has 1 aliphatic rings. The van der Waals surface area contributed by atoms with Crippen molar-refractivity contribution in [2.24, 2.45) is 0 Å². The van der Waals surface area contributed by atoms with Crippen molar-refractivity contribution in [1.82, 2.24) is 4.98 Å². The lowest BCUT2D eigenvalue weighted by Crippen LogP contribution is -2.24. The summed E-state index contributed by atoms with van der Waals surface area (Å²) in [4.78, 5) is 8.77. The number of para-hydroxylation sites is 1. The van der Waals surface area contributed by atoms with Crippen molar-refractivity contribution in [3.05, 3.63) is 48.3 Å². The maximum atomic E-state index is 4.23. The van der Waals surface area contributed by atoms with Gasteiger partial charge in [0.25, 0.3) is 0 Å². The van der Waals surface area contributed by atoms with Crippen LogP contribution in [0.1, 0.15) is 5.56 Å². The fraction of sp³-hybridized carbons (Fsp3) is 0.214. The van der Waals surface area contributed by atoms with Gasteiger partial charge in [-0.25, -0.2) is 0 Å². The van der Waals surface area contributed by atoms with Gasteiger partial charge in [-0.05, 0) is 24.6 Å². The minimum atomic E-state index is 0.881. The third-order valence-electron chi connectivity index (χ3n) is 3.24. The predicted octanol–water partition coefficient (Wildman–Crippen LogP) is 2.94. The standard InChI is InChI=1S/C14H15N3/c1-11-5-3-4-6-12(11)17-10-16(2)13-7-8-15-9-14(13)17/h3-9H,10H2,1-2H3. The molecule has 0 spiro atoms. The minimum Gasteiger partial charge on any atom is -0.355 e. The summed E-state index contributed by atoms with van der Waals surface area (Å²) < 4.78 is 0. The lowest BCUT2D eigenvalue weighted by molar-refractivity contribution is 0.946. The van der Waals surface area contributed by atoms with Crippen LogP contribution in [0.5, 0.6) is 0 Å². The molecule has 2 heterocycles. The van der Waals surface area contributed by atoms with Crippen LogP contribution in [0.25, 0.3) is 0 Å². The zero-order valence-corrected chi connectivity index (χ0v) is 10.1. The van der Waals surface area contributed by atoms with Gasteiger partial charge in [0.2, 0.25) is 0 Å². The molecule has 1 aromatic carbocycles.